The van der Waals surface area contributed by atoms with Gasteiger partial charge in [-0.25, -0.2) is 4.39 Å². The fourth-order valence-corrected chi connectivity index (χ4v) is 3.28. The zero-order chi connectivity index (χ0) is 20.4. The van der Waals surface area contributed by atoms with E-state index in [0.717, 1.165) is 0 Å². The molecule has 0 saturated heterocycles. The van der Waals surface area contributed by atoms with Crippen molar-refractivity contribution in [2.24, 2.45) is 0 Å². The molecule has 7 nitrogen and oxygen atoms in total. The van der Waals surface area contributed by atoms with Crippen LogP contribution in [0.4, 0.5) is 4.39 Å². The van der Waals surface area contributed by atoms with E-state index in [1.165, 1.54) is 19.2 Å². The molecule has 1 atom stereocenters. The number of methoxy groups -OCH3 is 2. The molecular formula is C21H19FN2O5. The molecule has 0 unspecified atom stereocenters. The van der Waals surface area contributed by atoms with E-state index < -0.39 is 11.7 Å². The fraction of sp³-hybridized carbons (Fsp3) is 0.238. The molecule has 0 bridgehead atoms. The van der Waals surface area contributed by atoms with Crippen LogP contribution in [-0.2, 0) is 0 Å². The van der Waals surface area contributed by atoms with Crippen LogP contribution < -0.4 is 19.5 Å². The summed E-state index contributed by atoms with van der Waals surface area (Å²) in [6.07, 6.45) is 0.524. The molecule has 1 N–H and O–H groups in total. The Morgan fingerprint density at radius 2 is 2.07 bits per heavy atom. The number of nitrogens with zero attached hydrogens (tertiary/aromatic N) is 1. The van der Waals surface area contributed by atoms with Gasteiger partial charge < -0.3 is 24.1 Å². The van der Waals surface area contributed by atoms with Crippen molar-refractivity contribution in [2.45, 2.75) is 12.5 Å². The zero-order valence-corrected chi connectivity index (χ0v) is 15.9. The first-order chi connectivity index (χ1) is 14.1. The van der Waals surface area contributed by atoms with Crippen molar-refractivity contribution in [2.75, 3.05) is 20.8 Å². The van der Waals surface area contributed by atoms with Gasteiger partial charge in [0.25, 0.3) is 5.91 Å². The van der Waals surface area contributed by atoms with Gasteiger partial charge in [0, 0.05) is 18.1 Å². The fourth-order valence-electron chi connectivity index (χ4n) is 3.28. The smallest absolute Gasteiger partial charge is 0.273 e. The third kappa shape index (κ3) is 3.61. The normalized spacial score (nSPS) is 15.2. The topological polar surface area (TPSA) is 82.8 Å². The number of nitrogens with one attached hydrogen (secondary N) is 1. The molecule has 4 rings (SSSR count). The lowest BCUT2D eigenvalue weighted by Gasteiger charge is -2.26. The maximum absolute atomic E-state index is 13.9. The van der Waals surface area contributed by atoms with Gasteiger partial charge in [0.15, 0.2) is 23.0 Å². The third-order valence-corrected chi connectivity index (χ3v) is 4.75. The number of aromatic nitrogens is 1. The van der Waals surface area contributed by atoms with Gasteiger partial charge in [-0.05, 0) is 24.3 Å². The molecule has 0 radical (unpaired) electrons. The average Bonchev–Trinajstić information content (AvgIpc) is 3.24. The highest BCUT2D eigenvalue weighted by Crippen LogP contribution is 2.35. The molecule has 0 aliphatic carbocycles. The van der Waals surface area contributed by atoms with Gasteiger partial charge in [0.05, 0.1) is 32.4 Å². The Labute approximate surface area is 166 Å². The van der Waals surface area contributed by atoms with Gasteiger partial charge in [-0.3, -0.25) is 4.79 Å². The van der Waals surface area contributed by atoms with Gasteiger partial charge in [-0.1, -0.05) is 17.3 Å². The first kappa shape index (κ1) is 18.8. The van der Waals surface area contributed by atoms with Crippen LogP contribution in [0.15, 0.2) is 47.0 Å². The molecule has 2 heterocycles. The number of carbonyl (C=O) groups is 1. The molecule has 1 amide bonds. The number of hydrogen-bond acceptors (Lipinski definition) is 6. The van der Waals surface area contributed by atoms with E-state index in [4.69, 9.17) is 18.7 Å². The van der Waals surface area contributed by atoms with Gasteiger partial charge >= 0.3 is 0 Å². The first-order valence-electron chi connectivity index (χ1n) is 9.02. The predicted octanol–water partition coefficient (Wildman–Crippen LogP) is 3.75. The molecule has 29 heavy (non-hydrogen) atoms. The van der Waals surface area contributed by atoms with Crippen LogP contribution in [0.2, 0.25) is 0 Å². The van der Waals surface area contributed by atoms with E-state index in [0.29, 0.717) is 41.4 Å². The molecular weight excluding hydrogens is 379 g/mol. The van der Waals surface area contributed by atoms with Crippen molar-refractivity contribution < 1.29 is 27.9 Å². The molecule has 0 saturated carbocycles. The van der Waals surface area contributed by atoms with E-state index in [-0.39, 0.29) is 17.5 Å². The summed E-state index contributed by atoms with van der Waals surface area (Å²) >= 11 is 0. The Morgan fingerprint density at radius 3 is 2.86 bits per heavy atom. The molecule has 150 valence electrons. The molecule has 8 heteroatoms. The van der Waals surface area contributed by atoms with E-state index in [9.17, 15) is 9.18 Å². The quantitative estimate of drug-likeness (QED) is 0.705. The van der Waals surface area contributed by atoms with Crippen LogP contribution in [-0.4, -0.2) is 31.9 Å². The van der Waals surface area contributed by atoms with Crippen molar-refractivity contribution in [3.05, 3.63) is 59.5 Å². The summed E-state index contributed by atoms with van der Waals surface area (Å²) in [6.45, 7) is 0.309. The van der Waals surface area contributed by atoms with Crippen molar-refractivity contribution in [3.8, 4) is 28.6 Å². The molecule has 0 spiro atoms. The second kappa shape index (κ2) is 7.83. The minimum absolute atomic E-state index is 0.106. The van der Waals surface area contributed by atoms with Crippen molar-refractivity contribution in [1.29, 1.82) is 0 Å². The second-order valence-corrected chi connectivity index (χ2v) is 6.46. The van der Waals surface area contributed by atoms with Crippen LogP contribution in [0.3, 0.4) is 0 Å². The number of halogens is 1. The van der Waals surface area contributed by atoms with Crippen LogP contribution >= 0.6 is 0 Å². The number of hydrogen-bond donors (Lipinski definition) is 1. The molecule has 1 aliphatic heterocycles. The predicted molar refractivity (Wildman–Crippen MR) is 102 cm³/mol. The Bertz CT molecular complexity index is 1050. The van der Waals surface area contributed by atoms with Crippen LogP contribution in [0.25, 0.3) is 11.3 Å². The van der Waals surface area contributed by atoms with E-state index in [2.05, 4.69) is 10.5 Å². The zero-order valence-electron chi connectivity index (χ0n) is 15.9. The number of para-hydroxylation sites is 1. The van der Waals surface area contributed by atoms with Crippen molar-refractivity contribution in [3.63, 3.8) is 0 Å². The maximum Gasteiger partial charge on any atom is 0.273 e. The van der Waals surface area contributed by atoms with Crippen molar-refractivity contribution >= 4 is 5.91 Å². The van der Waals surface area contributed by atoms with Gasteiger partial charge in [0.2, 0.25) is 0 Å². The second-order valence-electron chi connectivity index (χ2n) is 6.46. The number of rotatable bonds is 5. The number of amides is 1. The summed E-state index contributed by atoms with van der Waals surface area (Å²) in [7, 11) is 3.09. The van der Waals surface area contributed by atoms with Crippen LogP contribution in [0.1, 0.15) is 28.5 Å². The first-order valence-corrected chi connectivity index (χ1v) is 9.02. The molecule has 1 aliphatic rings. The van der Waals surface area contributed by atoms with Crippen molar-refractivity contribution in [1.82, 2.24) is 10.5 Å². The summed E-state index contributed by atoms with van der Waals surface area (Å²) in [5, 5.41) is 6.74. The highest BCUT2D eigenvalue weighted by molar-refractivity contribution is 5.93. The minimum atomic E-state index is -0.449. The van der Waals surface area contributed by atoms with E-state index in [1.807, 2.05) is 0 Å². The van der Waals surface area contributed by atoms with E-state index >= 15 is 0 Å². The van der Waals surface area contributed by atoms with Crippen LogP contribution in [0.5, 0.6) is 17.2 Å². The molecule has 2 aromatic carbocycles. The lowest BCUT2D eigenvalue weighted by Crippen LogP contribution is -2.32. The molecule has 1 aromatic heterocycles. The minimum Gasteiger partial charge on any atom is -0.497 e. The monoisotopic (exact) mass is 398 g/mol. The Morgan fingerprint density at radius 1 is 1.21 bits per heavy atom. The lowest BCUT2D eigenvalue weighted by atomic mass is 10.00. The van der Waals surface area contributed by atoms with Gasteiger partial charge in [0.1, 0.15) is 11.5 Å². The summed E-state index contributed by atoms with van der Waals surface area (Å²) in [5.41, 5.74) is 1.31. The number of benzene rings is 2. The van der Waals surface area contributed by atoms with Gasteiger partial charge in [-0.15, -0.1) is 0 Å². The summed E-state index contributed by atoms with van der Waals surface area (Å²) in [4.78, 5) is 12.7. The highest BCUT2D eigenvalue weighted by atomic mass is 19.1. The maximum atomic E-state index is 13.9. The van der Waals surface area contributed by atoms with Crippen LogP contribution in [0, 0.1) is 5.82 Å². The summed E-state index contributed by atoms with van der Waals surface area (Å²) in [5.74, 6) is 0.835. The number of carbonyl (C=O) groups excluding carboxylic acids is 1. The standard InChI is InChI=1S/C21H19FN2O5/c1-26-12-6-7-18(27-2)14(10-12)19-11-17(24-29-19)21(25)23-16-8-9-28-20-13(16)4-3-5-15(20)22/h3-7,10-11,16H,8-9H2,1-2H3,(H,23,25)/t16-/m0/s1. The van der Waals surface area contributed by atoms with Gasteiger partial charge in [-0.2, -0.15) is 0 Å². The average molecular weight is 398 g/mol. The highest BCUT2D eigenvalue weighted by Gasteiger charge is 2.27. The summed E-state index contributed by atoms with van der Waals surface area (Å²) in [6, 6.07) is 11.0. The number of fused-ring (bicyclic) bond motifs is 1. The summed E-state index contributed by atoms with van der Waals surface area (Å²) < 4.78 is 35.3. The number of ether oxygens (including phenoxy) is 3. The largest absolute Gasteiger partial charge is 0.497 e. The Balaban J connectivity index is 1.57. The van der Waals surface area contributed by atoms with E-state index in [1.54, 1.807) is 37.4 Å². The molecule has 0 fully saturated rings. The lowest BCUT2D eigenvalue weighted by molar-refractivity contribution is 0.0914. The third-order valence-electron chi connectivity index (χ3n) is 4.75. The molecule has 3 aromatic rings. The Kier molecular flexibility index (Phi) is 5.07. The SMILES string of the molecule is COc1ccc(OC)c(-c2cc(C(=O)N[C@H]3CCOc4c(F)cccc43)no2)c1. The Hall–Kier alpha value is -3.55.